The molecule has 8 heteroatoms. The Bertz CT molecular complexity index is 550. The van der Waals surface area contributed by atoms with Crippen molar-refractivity contribution in [2.45, 2.75) is 38.5 Å². The van der Waals surface area contributed by atoms with E-state index in [4.69, 9.17) is 0 Å². The van der Waals surface area contributed by atoms with Gasteiger partial charge in [0.15, 0.2) is 5.52 Å². The van der Waals surface area contributed by atoms with Gasteiger partial charge < -0.3 is 5.32 Å². The Morgan fingerprint density at radius 2 is 1.75 bits per heavy atom. The molecule has 0 fully saturated rings. The molecule has 0 aliphatic rings. The zero-order valence-electron chi connectivity index (χ0n) is 13.6. The summed E-state index contributed by atoms with van der Waals surface area (Å²) in [6.45, 7) is 2.02. The van der Waals surface area contributed by atoms with Gasteiger partial charge in [-0.25, -0.2) is 0 Å². The summed E-state index contributed by atoms with van der Waals surface area (Å²) in [5.74, 6) is -0.977. The third kappa shape index (κ3) is 7.41. The quantitative estimate of drug-likeness (QED) is 0.698. The fraction of sp³-hybridized carbons (Fsp3) is 0.500. The second-order valence-corrected chi connectivity index (χ2v) is 6.44. The van der Waals surface area contributed by atoms with Gasteiger partial charge in [0.05, 0.1) is 18.6 Å². The predicted octanol–water partition coefficient (Wildman–Crippen LogP) is 2.29. The maximum Gasteiger partial charge on any atom is 0.401 e. The summed E-state index contributed by atoms with van der Waals surface area (Å²) in [5.41, 5.74) is 0.522. The molecule has 1 aromatic carbocycles. The predicted molar refractivity (Wildman–Crippen MR) is 89.5 cm³/mol. The molecule has 1 unspecified atom stereocenters. The monoisotopic (exact) mass is 362 g/mol. The number of amides is 1. The first-order chi connectivity index (χ1) is 11.1. The van der Waals surface area contributed by atoms with Crippen molar-refractivity contribution < 1.29 is 22.8 Å². The number of hydrogen-bond donors (Lipinski definition) is 2. The highest BCUT2D eigenvalue weighted by molar-refractivity contribution is 7.40. The van der Waals surface area contributed by atoms with Crippen molar-refractivity contribution in [1.82, 2.24) is 10.6 Å². The highest BCUT2D eigenvalue weighted by Crippen LogP contribution is 2.14. The van der Waals surface area contributed by atoms with Crippen molar-refractivity contribution in [3.63, 3.8) is 0 Å². The lowest BCUT2D eigenvalue weighted by Crippen LogP contribution is -2.53. The molecule has 0 saturated heterocycles. The minimum Gasteiger partial charge on any atom is -0.344 e. The molecule has 1 rings (SSSR count). The minimum absolute atomic E-state index is 0.277. The maximum absolute atomic E-state index is 12.4. The number of alkyl halides is 3. The number of nitrogens with one attached hydrogen (secondary N) is 2. The lowest BCUT2D eigenvalue weighted by atomic mass is 10.0. The van der Waals surface area contributed by atoms with Crippen LogP contribution in [0.4, 0.5) is 13.2 Å². The second kappa shape index (κ2) is 9.14. The third-order valence-corrected chi connectivity index (χ3v) is 3.82. The van der Waals surface area contributed by atoms with Crippen LogP contribution in [0.1, 0.15) is 19.4 Å². The Kier molecular flexibility index (Phi) is 7.84. The number of rotatable bonds is 8. The van der Waals surface area contributed by atoms with Crippen LogP contribution < -0.4 is 10.6 Å². The lowest BCUT2D eigenvalue weighted by Gasteiger charge is -2.25. The SMILES string of the molecule is CC(C)[C@H](NCC(F)(F)F)C(=O)N[C@@H](Cc1ccccc1)C(=O)P. The van der Waals surface area contributed by atoms with Gasteiger partial charge in [-0.2, -0.15) is 13.2 Å². The average Bonchev–Trinajstić information content (AvgIpc) is 2.46. The molecule has 0 aliphatic heterocycles. The Labute approximate surface area is 141 Å². The molecular weight excluding hydrogens is 340 g/mol. The van der Waals surface area contributed by atoms with E-state index in [0.717, 1.165) is 5.56 Å². The van der Waals surface area contributed by atoms with Crippen LogP contribution in [0.25, 0.3) is 0 Å². The number of benzene rings is 1. The normalized spacial score (nSPS) is 14.3. The number of halogens is 3. The highest BCUT2D eigenvalue weighted by atomic mass is 31.0. The van der Waals surface area contributed by atoms with Gasteiger partial charge in [0.1, 0.15) is 0 Å². The van der Waals surface area contributed by atoms with E-state index in [1.165, 1.54) is 0 Å². The van der Waals surface area contributed by atoms with Crippen molar-refractivity contribution in [2.24, 2.45) is 5.92 Å². The van der Waals surface area contributed by atoms with Gasteiger partial charge in [0.25, 0.3) is 0 Å². The van der Waals surface area contributed by atoms with E-state index in [1.807, 2.05) is 39.6 Å². The Morgan fingerprint density at radius 1 is 1.17 bits per heavy atom. The van der Waals surface area contributed by atoms with E-state index in [2.05, 4.69) is 10.6 Å². The van der Waals surface area contributed by atoms with Gasteiger partial charge in [-0.15, -0.1) is 0 Å². The molecule has 24 heavy (non-hydrogen) atoms. The summed E-state index contributed by atoms with van der Waals surface area (Å²) in [6.07, 6.45) is -4.13. The standard InChI is InChI=1S/C16H22F3N2O2P/c1-10(2)13(20-9-16(17,18)19)14(22)21-12(15(23)24)8-11-6-4-3-5-7-11/h3-7,10,12-13,20H,8-9,24H2,1-2H3,(H,21,22)/t12-,13-/m0/s1. The van der Waals surface area contributed by atoms with Gasteiger partial charge in [0.2, 0.25) is 5.91 Å². The Morgan fingerprint density at radius 3 is 2.21 bits per heavy atom. The maximum atomic E-state index is 12.4. The van der Waals surface area contributed by atoms with E-state index in [9.17, 15) is 22.8 Å². The molecule has 1 amide bonds. The van der Waals surface area contributed by atoms with Crippen LogP contribution in [-0.2, 0) is 16.0 Å². The van der Waals surface area contributed by atoms with E-state index in [1.54, 1.807) is 13.8 Å². The van der Waals surface area contributed by atoms with Crippen LogP contribution >= 0.6 is 9.24 Å². The largest absolute Gasteiger partial charge is 0.401 e. The highest BCUT2D eigenvalue weighted by Gasteiger charge is 2.32. The molecule has 0 aromatic heterocycles. The fourth-order valence-electron chi connectivity index (χ4n) is 2.19. The van der Waals surface area contributed by atoms with E-state index < -0.39 is 30.7 Å². The van der Waals surface area contributed by atoms with Gasteiger partial charge in [-0.05, 0) is 11.5 Å². The molecule has 4 nitrogen and oxygen atoms in total. The van der Waals surface area contributed by atoms with Crippen molar-refractivity contribution in [3.05, 3.63) is 35.9 Å². The van der Waals surface area contributed by atoms with E-state index in [-0.39, 0.29) is 17.9 Å². The molecule has 3 atom stereocenters. The van der Waals surface area contributed by atoms with Crippen LogP contribution in [0.3, 0.4) is 0 Å². The first-order valence-electron chi connectivity index (χ1n) is 7.54. The molecule has 0 heterocycles. The van der Waals surface area contributed by atoms with Crippen molar-refractivity contribution in [1.29, 1.82) is 0 Å². The average molecular weight is 362 g/mol. The molecule has 0 radical (unpaired) electrons. The first kappa shape index (κ1) is 20.6. The summed E-state index contributed by atoms with van der Waals surface area (Å²) < 4.78 is 37.1. The molecule has 0 spiro atoms. The Hall–Kier alpha value is -1.46. The number of hydrogen-bond acceptors (Lipinski definition) is 3. The topological polar surface area (TPSA) is 58.2 Å². The molecule has 134 valence electrons. The number of carbonyl (C=O) groups excluding carboxylic acids is 2. The zero-order valence-corrected chi connectivity index (χ0v) is 14.7. The summed E-state index contributed by atoms with van der Waals surface area (Å²) in [6, 6.07) is 7.23. The molecule has 1 aromatic rings. The second-order valence-electron chi connectivity index (χ2n) is 5.87. The smallest absolute Gasteiger partial charge is 0.344 e. The van der Waals surface area contributed by atoms with Crippen molar-refractivity contribution in [2.75, 3.05) is 6.54 Å². The van der Waals surface area contributed by atoms with Crippen LogP contribution in [0.15, 0.2) is 30.3 Å². The summed E-state index contributed by atoms with van der Waals surface area (Å²) in [5, 5.41) is 4.76. The third-order valence-electron chi connectivity index (χ3n) is 3.41. The lowest BCUT2D eigenvalue weighted by molar-refractivity contribution is -0.134. The first-order valence-corrected chi connectivity index (χ1v) is 8.11. The molecule has 0 aliphatic carbocycles. The van der Waals surface area contributed by atoms with E-state index >= 15 is 0 Å². The van der Waals surface area contributed by atoms with E-state index in [0.29, 0.717) is 0 Å². The fourth-order valence-corrected chi connectivity index (χ4v) is 2.39. The van der Waals surface area contributed by atoms with Gasteiger partial charge in [0, 0.05) is 6.42 Å². The van der Waals surface area contributed by atoms with Crippen LogP contribution in [0, 0.1) is 5.92 Å². The molecule has 0 saturated carbocycles. The van der Waals surface area contributed by atoms with Gasteiger partial charge >= 0.3 is 6.18 Å². The van der Waals surface area contributed by atoms with Gasteiger partial charge in [-0.1, -0.05) is 53.4 Å². The van der Waals surface area contributed by atoms with Gasteiger partial charge in [-0.3, -0.25) is 14.9 Å². The molecular formula is C16H22F3N2O2P. The summed E-state index contributed by atoms with van der Waals surface area (Å²) in [4.78, 5) is 24.0. The van der Waals surface area contributed by atoms with Crippen molar-refractivity contribution >= 4 is 20.7 Å². The number of carbonyl (C=O) groups is 2. The van der Waals surface area contributed by atoms with Crippen molar-refractivity contribution in [3.8, 4) is 0 Å². The minimum atomic E-state index is -4.41. The van der Waals surface area contributed by atoms with Crippen LogP contribution in [-0.4, -0.2) is 36.2 Å². The zero-order chi connectivity index (χ0) is 18.3. The summed E-state index contributed by atoms with van der Waals surface area (Å²) >= 11 is 0. The Balaban J connectivity index is 2.75. The van der Waals surface area contributed by atoms with Crippen LogP contribution in [0.2, 0.25) is 0 Å². The molecule has 2 N–H and O–H groups in total. The summed E-state index contributed by atoms with van der Waals surface area (Å²) in [7, 11) is 2.01. The molecule has 0 bridgehead atoms. The van der Waals surface area contributed by atoms with Crippen LogP contribution in [0.5, 0.6) is 0 Å².